The molecule has 0 saturated carbocycles. The van der Waals surface area contributed by atoms with Crippen molar-refractivity contribution in [3.05, 3.63) is 65.0 Å². The van der Waals surface area contributed by atoms with E-state index in [2.05, 4.69) is 20.5 Å². The Morgan fingerprint density at radius 3 is 2.74 bits per heavy atom. The number of hydrogen-bond donors (Lipinski definition) is 1. The van der Waals surface area contributed by atoms with E-state index in [9.17, 15) is 9.59 Å². The number of carbonyl (C=O) groups excluding carboxylic acids is 2. The van der Waals surface area contributed by atoms with Crippen molar-refractivity contribution in [2.24, 2.45) is 0 Å². The molecule has 1 N–H and O–H groups in total. The molecule has 158 valence electrons. The van der Waals surface area contributed by atoms with Gasteiger partial charge >= 0.3 is 5.97 Å². The second-order valence-corrected chi connectivity index (χ2v) is 8.45. The van der Waals surface area contributed by atoms with Crippen molar-refractivity contribution in [3.8, 4) is 0 Å². The predicted octanol–water partition coefficient (Wildman–Crippen LogP) is 3.98. The van der Waals surface area contributed by atoms with Gasteiger partial charge in [-0.1, -0.05) is 36.0 Å². The summed E-state index contributed by atoms with van der Waals surface area (Å²) in [5.41, 5.74) is 1.67. The van der Waals surface area contributed by atoms with E-state index in [-0.39, 0.29) is 11.7 Å². The van der Waals surface area contributed by atoms with Gasteiger partial charge in [-0.15, -0.1) is 21.5 Å². The summed E-state index contributed by atoms with van der Waals surface area (Å²) in [5, 5.41) is 12.1. The van der Waals surface area contributed by atoms with Gasteiger partial charge in [0.15, 0.2) is 0 Å². The lowest BCUT2D eigenvalue weighted by Crippen LogP contribution is -2.17. The van der Waals surface area contributed by atoms with Gasteiger partial charge in [0.2, 0.25) is 11.8 Å². The molecule has 0 aliphatic heterocycles. The predicted molar refractivity (Wildman–Crippen MR) is 118 cm³/mol. The number of rotatable bonds is 8. The van der Waals surface area contributed by atoms with Crippen LogP contribution in [0.15, 0.2) is 58.2 Å². The normalized spacial score (nSPS) is 10.9. The number of ether oxygens (including phenoxy) is 1. The molecule has 2 aromatic heterocycles. The number of carbonyl (C=O) groups is 2. The maximum atomic E-state index is 12.3. The zero-order valence-corrected chi connectivity index (χ0v) is 18.2. The molecule has 8 nitrogen and oxygen atoms in total. The van der Waals surface area contributed by atoms with Crippen LogP contribution in [0.2, 0.25) is 0 Å². The van der Waals surface area contributed by atoms with E-state index in [4.69, 9.17) is 9.15 Å². The number of aromatic nitrogens is 3. The highest BCUT2D eigenvalue weighted by Crippen LogP contribution is 2.23. The van der Waals surface area contributed by atoms with Gasteiger partial charge in [-0.05, 0) is 24.3 Å². The van der Waals surface area contributed by atoms with Crippen LogP contribution in [0.25, 0.3) is 10.2 Å². The first-order valence-electron chi connectivity index (χ1n) is 9.39. The van der Waals surface area contributed by atoms with E-state index in [0.717, 1.165) is 27.0 Å². The quantitative estimate of drug-likeness (QED) is 0.315. The van der Waals surface area contributed by atoms with Crippen molar-refractivity contribution in [2.45, 2.75) is 18.1 Å². The van der Waals surface area contributed by atoms with Gasteiger partial charge in [-0.25, -0.2) is 9.78 Å². The molecule has 0 aliphatic carbocycles. The second-order valence-electron chi connectivity index (χ2n) is 6.41. The van der Waals surface area contributed by atoms with E-state index in [0.29, 0.717) is 35.2 Å². The molecule has 0 fully saturated rings. The number of thioether (sulfide) groups is 1. The van der Waals surface area contributed by atoms with Crippen LogP contribution in [-0.4, -0.2) is 39.9 Å². The summed E-state index contributed by atoms with van der Waals surface area (Å²) in [6.07, 6.45) is 1.28. The molecular weight excluding hydrogens is 436 g/mol. The number of thiazole rings is 1. The summed E-state index contributed by atoms with van der Waals surface area (Å²) in [5.74, 6) is -0.248. The lowest BCUT2D eigenvalue weighted by Gasteiger charge is -2.08. The lowest BCUT2D eigenvalue weighted by molar-refractivity contribution is -0.113. The number of para-hydroxylation sites is 2. The Balaban J connectivity index is 1.29. The van der Waals surface area contributed by atoms with Crippen molar-refractivity contribution < 1.29 is 18.7 Å². The molecule has 4 rings (SSSR count). The first-order valence-corrected chi connectivity index (χ1v) is 11.2. The zero-order chi connectivity index (χ0) is 21.6. The van der Waals surface area contributed by atoms with E-state index in [1.54, 1.807) is 35.6 Å². The fourth-order valence-electron chi connectivity index (χ4n) is 2.83. The highest BCUT2D eigenvalue weighted by Gasteiger charge is 2.15. The summed E-state index contributed by atoms with van der Waals surface area (Å²) < 4.78 is 11.5. The van der Waals surface area contributed by atoms with Crippen LogP contribution in [0.5, 0.6) is 0 Å². The van der Waals surface area contributed by atoms with Crippen molar-refractivity contribution in [2.75, 3.05) is 18.2 Å². The molecule has 0 unspecified atom stereocenters. The first kappa shape index (κ1) is 21.0. The number of benzene rings is 2. The van der Waals surface area contributed by atoms with Crippen LogP contribution < -0.4 is 5.32 Å². The third kappa shape index (κ3) is 5.28. The van der Waals surface area contributed by atoms with Crippen LogP contribution in [0.4, 0.5) is 5.69 Å². The number of aryl methyl sites for hydroxylation is 2. The van der Waals surface area contributed by atoms with Crippen LogP contribution in [-0.2, 0) is 22.4 Å². The Labute approximate surface area is 186 Å². The number of hydrogen-bond acceptors (Lipinski definition) is 9. The lowest BCUT2D eigenvalue weighted by atomic mass is 10.2. The molecule has 0 aliphatic rings. The van der Waals surface area contributed by atoms with Gasteiger partial charge in [0.05, 0.1) is 39.3 Å². The third-order valence-electron chi connectivity index (χ3n) is 4.27. The van der Waals surface area contributed by atoms with E-state index >= 15 is 0 Å². The minimum Gasteiger partial charge on any atom is -0.465 e. The van der Waals surface area contributed by atoms with Gasteiger partial charge in [0, 0.05) is 12.8 Å². The third-order valence-corrected chi connectivity index (χ3v) is 6.19. The Bertz CT molecular complexity index is 1190. The molecule has 0 bridgehead atoms. The van der Waals surface area contributed by atoms with Gasteiger partial charge in [0.25, 0.3) is 5.22 Å². The Kier molecular flexibility index (Phi) is 6.58. The number of anilines is 1. The number of amides is 1. The van der Waals surface area contributed by atoms with Crippen LogP contribution >= 0.6 is 23.1 Å². The number of methoxy groups -OCH3 is 1. The van der Waals surface area contributed by atoms with E-state index in [1.165, 1.54) is 7.11 Å². The Morgan fingerprint density at radius 2 is 1.90 bits per heavy atom. The molecule has 0 spiro atoms. The summed E-state index contributed by atoms with van der Waals surface area (Å²) >= 11 is 2.78. The average molecular weight is 455 g/mol. The van der Waals surface area contributed by atoms with Crippen molar-refractivity contribution in [1.82, 2.24) is 15.2 Å². The van der Waals surface area contributed by atoms with Gasteiger partial charge in [-0.2, -0.15) is 0 Å². The average Bonchev–Trinajstić information content (AvgIpc) is 3.42. The molecule has 10 heteroatoms. The first-order chi connectivity index (χ1) is 15.1. The summed E-state index contributed by atoms with van der Waals surface area (Å²) in [7, 11) is 1.29. The van der Waals surface area contributed by atoms with Gasteiger partial charge in [-0.3, -0.25) is 4.79 Å². The Morgan fingerprint density at radius 1 is 1.10 bits per heavy atom. The maximum Gasteiger partial charge on any atom is 0.339 e. The summed E-state index contributed by atoms with van der Waals surface area (Å²) in [6, 6.07) is 14.7. The fourth-order valence-corrected chi connectivity index (χ4v) is 4.38. The minimum absolute atomic E-state index is 0.0645. The molecule has 2 aromatic carbocycles. The van der Waals surface area contributed by atoms with Crippen molar-refractivity contribution in [3.63, 3.8) is 0 Å². The zero-order valence-electron chi connectivity index (χ0n) is 16.5. The largest absolute Gasteiger partial charge is 0.465 e. The van der Waals surface area contributed by atoms with E-state index < -0.39 is 5.97 Å². The van der Waals surface area contributed by atoms with E-state index in [1.807, 2.05) is 24.3 Å². The summed E-state index contributed by atoms with van der Waals surface area (Å²) in [6.45, 7) is 0. The monoisotopic (exact) mass is 454 g/mol. The standard InChI is InChI=1S/C21H18N4O4S2/c1-28-20(27)13-6-2-3-7-14(13)22-17(26)12-30-21-25-24-18(29-21)10-11-19-23-15-8-4-5-9-16(15)31-19/h2-9H,10-12H2,1H3,(H,22,26). The topological polar surface area (TPSA) is 107 Å². The van der Waals surface area contributed by atoms with Crippen molar-refractivity contribution >= 4 is 50.9 Å². The van der Waals surface area contributed by atoms with Gasteiger partial charge in [0.1, 0.15) is 0 Å². The smallest absolute Gasteiger partial charge is 0.339 e. The summed E-state index contributed by atoms with van der Waals surface area (Å²) in [4.78, 5) is 28.7. The molecule has 0 atom stereocenters. The highest BCUT2D eigenvalue weighted by molar-refractivity contribution is 7.99. The fraction of sp³-hybridized carbons (Fsp3) is 0.190. The molecule has 0 radical (unpaired) electrons. The molecule has 31 heavy (non-hydrogen) atoms. The maximum absolute atomic E-state index is 12.3. The van der Waals surface area contributed by atoms with Crippen LogP contribution in [0.3, 0.4) is 0 Å². The van der Waals surface area contributed by atoms with Gasteiger partial charge < -0.3 is 14.5 Å². The number of nitrogens with one attached hydrogen (secondary N) is 1. The second kappa shape index (κ2) is 9.71. The molecular formula is C21H18N4O4S2. The van der Waals surface area contributed by atoms with Crippen LogP contribution in [0.1, 0.15) is 21.3 Å². The number of esters is 1. The number of nitrogens with zero attached hydrogens (tertiary/aromatic N) is 3. The van der Waals surface area contributed by atoms with Crippen molar-refractivity contribution in [1.29, 1.82) is 0 Å². The van der Waals surface area contributed by atoms with Crippen LogP contribution in [0, 0.1) is 0 Å². The molecule has 4 aromatic rings. The molecule has 0 saturated heterocycles. The Hall–Kier alpha value is -3.24. The SMILES string of the molecule is COC(=O)c1ccccc1NC(=O)CSc1nnc(CCc2nc3ccccc3s2)o1. The highest BCUT2D eigenvalue weighted by atomic mass is 32.2. The molecule has 2 heterocycles. The minimum atomic E-state index is -0.516. The molecule has 1 amide bonds. The number of fused-ring (bicyclic) bond motifs is 1.